The molecule has 2 N–H and O–H groups in total. The fraction of sp³-hybridized carbons (Fsp3) is 0.348. The number of hydrogen-bond donors (Lipinski definition) is 1. The number of fused-ring (bicyclic) bond motifs is 1. The molecule has 7 nitrogen and oxygen atoms in total. The van der Waals surface area contributed by atoms with E-state index < -0.39 is 45.3 Å². The highest BCUT2D eigenvalue weighted by Crippen LogP contribution is 2.28. The number of Topliss-reactive ketones (excluding diaryl/α,β-unsaturated/α-hetero) is 1. The average Bonchev–Trinajstić information content (AvgIpc) is 2.95. The molecule has 164 valence electrons. The van der Waals surface area contributed by atoms with Crippen LogP contribution in [-0.4, -0.2) is 42.7 Å². The van der Waals surface area contributed by atoms with Crippen LogP contribution in [0.4, 0.5) is 0 Å². The van der Waals surface area contributed by atoms with Crippen molar-refractivity contribution >= 4 is 27.6 Å². The van der Waals surface area contributed by atoms with Gasteiger partial charge in [0, 0.05) is 5.92 Å². The van der Waals surface area contributed by atoms with Crippen molar-refractivity contribution in [1.29, 1.82) is 0 Å². The SMILES string of the molecule is CC(C)Cc1ccc(C(C)C(=O)C(CS(N)(=O)=O)N2C(=O)c3ccccc3C2=O)cc1. The highest BCUT2D eigenvalue weighted by molar-refractivity contribution is 7.89. The minimum Gasteiger partial charge on any atom is -0.297 e. The van der Waals surface area contributed by atoms with Gasteiger partial charge in [-0.25, -0.2) is 13.6 Å². The van der Waals surface area contributed by atoms with Crippen LogP contribution in [0.2, 0.25) is 0 Å². The molecule has 2 aromatic rings. The zero-order valence-electron chi connectivity index (χ0n) is 17.7. The third-order valence-corrected chi connectivity index (χ3v) is 6.19. The summed E-state index contributed by atoms with van der Waals surface area (Å²) in [6, 6.07) is 12.1. The summed E-state index contributed by atoms with van der Waals surface area (Å²) in [6.45, 7) is 5.86. The van der Waals surface area contributed by atoms with E-state index in [2.05, 4.69) is 13.8 Å². The van der Waals surface area contributed by atoms with Crippen LogP contribution in [0.5, 0.6) is 0 Å². The van der Waals surface area contributed by atoms with Gasteiger partial charge in [-0.3, -0.25) is 19.3 Å². The molecule has 31 heavy (non-hydrogen) atoms. The number of amides is 2. The molecule has 1 heterocycles. The number of nitrogens with two attached hydrogens (primary N) is 1. The predicted octanol–water partition coefficient (Wildman–Crippen LogP) is 2.51. The zero-order chi connectivity index (χ0) is 22.9. The maximum Gasteiger partial charge on any atom is 0.262 e. The van der Waals surface area contributed by atoms with E-state index in [9.17, 15) is 22.8 Å². The van der Waals surface area contributed by atoms with E-state index in [1.807, 2.05) is 24.3 Å². The third-order valence-electron chi connectivity index (χ3n) is 5.41. The molecule has 0 bridgehead atoms. The summed E-state index contributed by atoms with van der Waals surface area (Å²) in [5.74, 6) is -3.01. The minimum atomic E-state index is -4.14. The van der Waals surface area contributed by atoms with Gasteiger partial charge in [-0.2, -0.15) is 0 Å². The maximum atomic E-state index is 13.3. The Bertz CT molecular complexity index is 1090. The van der Waals surface area contributed by atoms with Crippen LogP contribution in [0.3, 0.4) is 0 Å². The Hall–Kier alpha value is -2.84. The van der Waals surface area contributed by atoms with Gasteiger partial charge >= 0.3 is 0 Å². The Morgan fingerprint density at radius 1 is 0.935 bits per heavy atom. The molecular formula is C23H26N2O5S. The van der Waals surface area contributed by atoms with Crippen LogP contribution in [0.15, 0.2) is 48.5 Å². The van der Waals surface area contributed by atoms with Crippen LogP contribution in [0.1, 0.15) is 58.5 Å². The number of ketones is 1. The highest BCUT2D eigenvalue weighted by atomic mass is 32.2. The molecule has 8 heteroatoms. The highest BCUT2D eigenvalue weighted by Gasteiger charge is 2.45. The van der Waals surface area contributed by atoms with Gasteiger partial charge in [-0.1, -0.05) is 57.2 Å². The van der Waals surface area contributed by atoms with Crippen molar-refractivity contribution in [1.82, 2.24) is 4.90 Å². The molecule has 3 rings (SSSR count). The third kappa shape index (κ3) is 4.91. The van der Waals surface area contributed by atoms with Crippen LogP contribution in [-0.2, 0) is 21.2 Å². The summed E-state index contributed by atoms with van der Waals surface area (Å²) in [4.78, 5) is 39.8. The molecule has 1 aliphatic heterocycles. The molecule has 2 amide bonds. The number of carbonyl (C=O) groups excluding carboxylic acids is 3. The number of imide groups is 1. The van der Waals surface area contributed by atoms with Gasteiger partial charge in [0.25, 0.3) is 11.8 Å². The standard InChI is InChI=1S/C23H26N2O5S/c1-14(2)12-16-8-10-17(11-9-16)15(3)21(26)20(13-31(24,29)30)25-22(27)18-6-4-5-7-19(18)23(25)28/h4-11,14-15,20H,12-13H2,1-3H3,(H2,24,29,30). The lowest BCUT2D eigenvalue weighted by Crippen LogP contribution is -2.50. The minimum absolute atomic E-state index is 0.144. The summed E-state index contributed by atoms with van der Waals surface area (Å²) < 4.78 is 23.7. The fourth-order valence-electron chi connectivity index (χ4n) is 3.86. The predicted molar refractivity (Wildman–Crippen MR) is 117 cm³/mol. The van der Waals surface area contributed by atoms with Crippen LogP contribution < -0.4 is 5.14 Å². The van der Waals surface area contributed by atoms with E-state index in [1.165, 1.54) is 12.1 Å². The molecule has 0 radical (unpaired) electrons. The number of rotatable bonds is 8. The van der Waals surface area contributed by atoms with Gasteiger partial charge in [-0.05, 0) is 35.6 Å². The zero-order valence-corrected chi connectivity index (χ0v) is 18.6. The first kappa shape index (κ1) is 22.8. The smallest absolute Gasteiger partial charge is 0.262 e. The fourth-order valence-corrected chi connectivity index (χ4v) is 4.61. The van der Waals surface area contributed by atoms with Gasteiger partial charge in [-0.15, -0.1) is 0 Å². The van der Waals surface area contributed by atoms with E-state index in [0.29, 0.717) is 11.5 Å². The normalized spacial score (nSPS) is 15.8. The van der Waals surface area contributed by atoms with Crippen LogP contribution >= 0.6 is 0 Å². The Balaban J connectivity index is 1.93. The van der Waals surface area contributed by atoms with E-state index >= 15 is 0 Å². The number of carbonyl (C=O) groups is 3. The lowest BCUT2D eigenvalue weighted by Gasteiger charge is -2.27. The number of sulfonamides is 1. The van der Waals surface area contributed by atoms with E-state index in [0.717, 1.165) is 16.9 Å². The molecule has 0 saturated carbocycles. The topological polar surface area (TPSA) is 115 Å². The second-order valence-corrected chi connectivity index (χ2v) is 9.99. The molecule has 0 spiro atoms. The van der Waals surface area contributed by atoms with Crippen molar-refractivity contribution in [2.75, 3.05) is 5.75 Å². The van der Waals surface area contributed by atoms with Crippen molar-refractivity contribution in [2.24, 2.45) is 11.1 Å². The Morgan fingerprint density at radius 3 is 1.90 bits per heavy atom. The molecule has 0 aliphatic carbocycles. The van der Waals surface area contributed by atoms with Crippen molar-refractivity contribution in [3.8, 4) is 0 Å². The summed E-state index contributed by atoms with van der Waals surface area (Å²) in [5, 5.41) is 5.21. The molecule has 0 fully saturated rings. The number of hydrogen-bond acceptors (Lipinski definition) is 5. The van der Waals surface area contributed by atoms with E-state index in [1.54, 1.807) is 19.1 Å². The average molecular weight is 443 g/mol. The second-order valence-electron chi connectivity index (χ2n) is 8.33. The summed E-state index contributed by atoms with van der Waals surface area (Å²) in [6.07, 6.45) is 0.895. The molecule has 0 aromatic heterocycles. The summed E-state index contributed by atoms with van der Waals surface area (Å²) in [5.41, 5.74) is 2.09. The first-order valence-corrected chi connectivity index (χ1v) is 11.8. The van der Waals surface area contributed by atoms with Gasteiger partial charge in [0.05, 0.1) is 16.9 Å². The molecule has 2 atom stereocenters. The summed E-state index contributed by atoms with van der Waals surface area (Å²) in [7, 11) is -4.14. The van der Waals surface area contributed by atoms with Crippen molar-refractivity contribution in [3.05, 3.63) is 70.8 Å². The lowest BCUT2D eigenvalue weighted by atomic mass is 9.91. The lowest BCUT2D eigenvalue weighted by molar-refractivity contribution is -0.123. The number of primary sulfonamides is 1. The molecular weight excluding hydrogens is 416 g/mol. The monoisotopic (exact) mass is 442 g/mol. The second kappa shape index (κ2) is 8.72. The van der Waals surface area contributed by atoms with Crippen LogP contribution in [0, 0.1) is 5.92 Å². The number of nitrogens with zero attached hydrogens (tertiary/aromatic N) is 1. The molecule has 1 aliphatic rings. The van der Waals surface area contributed by atoms with Gasteiger partial charge in [0.15, 0.2) is 5.78 Å². The summed E-state index contributed by atoms with van der Waals surface area (Å²) >= 11 is 0. The van der Waals surface area contributed by atoms with Crippen LogP contribution in [0.25, 0.3) is 0 Å². The van der Waals surface area contributed by atoms with Gasteiger partial charge in [0.2, 0.25) is 10.0 Å². The molecule has 0 saturated heterocycles. The Kier molecular flexibility index (Phi) is 6.43. The Labute approximate surface area is 182 Å². The number of benzene rings is 2. The quantitative estimate of drug-likeness (QED) is 0.631. The Morgan fingerprint density at radius 2 is 1.45 bits per heavy atom. The molecule has 2 unspecified atom stereocenters. The first-order valence-electron chi connectivity index (χ1n) is 10.1. The van der Waals surface area contributed by atoms with Crippen molar-refractivity contribution < 1.29 is 22.8 Å². The maximum absolute atomic E-state index is 13.3. The van der Waals surface area contributed by atoms with Crippen molar-refractivity contribution in [2.45, 2.75) is 39.2 Å². The first-order chi connectivity index (χ1) is 14.5. The van der Waals surface area contributed by atoms with E-state index in [-0.39, 0.29) is 11.1 Å². The largest absolute Gasteiger partial charge is 0.297 e. The van der Waals surface area contributed by atoms with Gasteiger partial charge in [0.1, 0.15) is 6.04 Å². The van der Waals surface area contributed by atoms with Gasteiger partial charge < -0.3 is 0 Å². The van der Waals surface area contributed by atoms with Crippen molar-refractivity contribution in [3.63, 3.8) is 0 Å². The molecule has 2 aromatic carbocycles. The van der Waals surface area contributed by atoms with E-state index in [4.69, 9.17) is 5.14 Å².